The third-order valence-electron chi connectivity index (χ3n) is 4.12. The summed E-state index contributed by atoms with van der Waals surface area (Å²) in [6.45, 7) is 5.41. The van der Waals surface area contributed by atoms with Gasteiger partial charge in [-0.1, -0.05) is 6.92 Å². The first-order valence-electron chi connectivity index (χ1n) is 8.11. The maximum atomic E-state index is 5.86. The molecule has 1 fully saturated rings. The normalized spacial score (nSPS) is 24.4. The molecule has 2 unspecified atom stereocenters. The van der Waals surface area contributed by atoms with Gasteiger partial charge >= 0.3 is 0 Å². The lowest BCUT2D eigenvalue weighted by Crippen LogP contribution is -2.25. The Labute approximate surface area is 126 Å². The fraction of sp³-hybridized carbons (Fsp3) is 0.647. The number of hydrogen-bond donors (Lipinski definition) is 1. The lowest BCUT2D eigenvalue weighted by atomic mass is 10.1. The van der Waals surface area contributed by atoms with Crippen LogP contribution in [0.3, 0.4) is 0 Å². The van der Waals surface area contributed by atoms with Crippen molar-refractivity contribution in [2.24, 2.45) is 0 Å². The van der Waals surface area contributed by atoms with E-state index in [1.54, 1.807) is 0 Å². The molecule has 0 bridgehead atoms. The zero-order valence-electron chi connectivity index (χ0n) is 12.8. The molecule has 2 heterocycles. The average molecular weight is 291 g/mol. The fourth-order valence-corrected chi connectivity index (χ4v) is 2.90. The van der Waals surface area contributed by atoms with Crippen LogP contribution in [0.5, 0.6) is 11.5 Å². The Kier molecular flexibility index (Phi) is 4.99. The van der Waals surface area contributed by atoms with Crippen molar-refractivity contribution in [3.8, 4) is 11.5 Å². The summed E-state index contributed by atoms with van der Waals surface area (Å²) >= 11 is 0. The third-order valence-corrected chi connectivity index (χ3v) is 4.12. The molecular weight excluding hydrogens is 266 g/mol. The Hall–Kier alpha value is -1.26. The highest BCUT2D eigenvalue weighted by molar-refractivity contribution is 5.45. The molecule has 0 radical (unpaired) electrons. The molecule has 0 amide bonds. The van der Waals surface area contributed by atoms with E-state index in [1.165, 1.54) is 18.4 Å². The zero-order valence-corrected chi connectivity index (χ0v) is 12.8. The smallest absolute Gasteiger partial charge is 0.127 e. The van der Waals surface area contributed by atoms with E-state index in [-0.39, 0.29) is 6.10 Å². The molecule has 4 nitrogen and oxygen atoms in total. The SMILES string of the molecule is CCCNC1COc2cc(OCC3CCCCO3)ccc21. The van der Waals surface area contributed by atoms with Gasteiger partial charge in [0.2, 0.25) is 0 Å². The monoisotopic (exact) mass is 291 g/mol. The number of hydrogen-bond acceptors (Lipinski definition) is 4. The minimum absolute atomic E-state index is 0.242. The van der Waals surface area contributed by atoms with E-state index in [9.17, 15) is 0 Å². The molecule has 116 valence electrons. The lowest BCUT2D eigenvalue weighted by Gasteiger charge is -2.22. The minimum atomic E-state index is 0.242. The highest BCUT2D eigenvalue weighted by Gasteiger charge is 2.24. The predicted octanol–water partition coefficient (Wildman–Crippen LogP) is 3.07. The zero-order chi connectivity index (χ0) is 14.5. The van der Waals surface area contributed by atoms with Gasteiger partial charge in [-0.2, -0.15) is 0 Å². The van der Waals surface area contributed by atoms with Gasteiger partial charge in [0.05, 0.1) is 12.1 Å². The molecule has 1 saturated heterocycles. The van der Waals surface area contributed by atoms with E-state index in [2.05, 4.69) is 18.3 Å². The van der Waals surface area contributed by atoms with Gasteiger partial charge in [-0.15, -0.1) is 0 Å². The number of nitrogens with one attached hydrogen (secondary N) is 1. The van der Waals surface area contributed by atoms with Crippen LogP contribution in [0.15, 0.2) is 18.2 Å². The van der Waals surface area contributed by atoms with Crippen molar-refractivity contribution in [1.29, 1.82) is 0 Å². The summed E-state index contributed by atoms with van der Waals surface area (Å²) in [5, 5.41) is 3.50. The molecule has 21 heavy (non-hydrogen) atoms. The molecule has 2 aliphatic rings. The van der Waals surface area contributed by atoms with E-state index in [4.69, 9.17) is 14.2 Å². The Morgan fingerprint density at radius 1 is 1.33 bits per heavy atom. The Morgan fingerprint density at radius 3 is 3.10 bits per heavy atom. The summed E-state index contributed by atoms with van der Waals surface area (Å²) in [6, 6.07) is 6.48. The Balaban J connectivity index is 1.56. The highest BCUT2D eigenvalue weighted by atomic mass is 16.5. The first-order chi connectivity index (χ1) is 10.4. The standard InChI is InChI=1S/C17H25NO3/c1-2-8-18-16-12-21-17-10-13(6-7-15(16)17)20-11-14-5-3-4-9-19-14/h6-7,10,14,16,18H,2-5,8-9,11-12H2,1H3. The van der Waals surface area contributed by atoms with Gasteiger partial charge in [-0.3, -0.25) is 0 Å². The molecule has 0 saturated carbocycles. The van der Waals surface area contributed by atoms with Crippen molar-refractivity contribution in [2.75, 3.05) is 26.4 Å². The van der Waals surface area contributed by atoms with Crippen LogP contribution in [0, 0.1) is 0 Å². The maximum Gasteiger partial charge on any atom is 0.127 e. The highest BCUT2D eigenvalue weighted by Crippen LogP contribution is 2.35. The van der Waals surface area contributed by atoms with Crippen molar-refractivity contribution >= 4 is 0 Å². The maximum absolute atomic E-state index is 5.86. The van der Waals surface area contributed by atoms with Crippen molar-refractivity contribution in [3.63, 3.8) is 0 Å². The van der Waals surface area contributed by atoms with Crippen LogP contribution < -0.4 is 14.8 Å². The summed E-state index contributed by atoms with van der Waals surface area (Å²) in [7, 11) is 0. The number of benzene rings is 1. The fourth-order valence-electron chi connectivity index (χ4n) is 2.90. The van der Waals surface area contributed by atoms with E-state index in [1.807, 2.05) is 12.1 Å². The summed E-state index contributed by atoms with van der Waals surface area (Å²) < 4.78 is 17.3. The molecule has 3 rings (SSSR count). The van der Waals surface area contributed by atoms with Gasteiger partial charge in [0.15, 0.2) is 0 Å². The molecule has 2 aliphatic heterocycles. The van der Waals surface area contributed by atoms with Crippen LogP contribution in [0.2, 0.25) is 0 Å². The summed E-state index contributed by atoms with van der Waals surface area (Å²) in [5.41, 5.74) is 1.24. The van der Waals surface area contributed by atoms with E-state index in [0.717, 1.165) is 37.5 Å². The Morgan fingerprint density at radius 2 is 2.29 bits per heavy atom. The first kappa shape index (κ1) is 14.7. The lowest BCUT2D eigenvalue weighted by molar-refractivity contribution is -0.0111. The molecular formula is C17H25NO3. The predicted molar refractivity (Wildman–Crippen MR) is 82.1 cm³/mol. The third kappa shape index (κ3) is 3.69. The van der Waals surface area contributed by atoms with Crippen LogP contribution >= 0.6 is 0 Å². The van der Waals surface area contributed by atoms with Gasteiger partial charge in [0.1, 0.15) is 24.7 Å². The van der Waals surface area contributed by atoms with Gasteiger partial charge in [-0.05, 0) is 44.4 Å². The quantitative estimate of drug-likeness (QED) is 0.874. The van der Waals surface area contributed by atoms with Crippen molar-refractivity contribution in [2.45, 2.75) is 44.8 Å². The van der Waals surface area contributed by atoms with Gasteiger partial charge < -0.3 is 19.5 Å². The van der Waals surface area contributed by atoms with E-state index < -0.39 is 0 Å². The van der Waals surface area contributed by atoms with Gasteiger partial charge in [-0.25, -0.2) is 0 Å². The summed E-state index contributed by atoms with van der Waals surface area (Å²) in [6.07, 6.45) is 4.90. The first-order valence-corrected chi connectivity index (χ1v) is 8.11. The Bertz CT molecular complexity index is 457. The molecule has 1 N–H and O–H groups in total. The molecule has 1 aromatic rings. The van der Waals surface area contributed by atoms with Crippen LogP contribution in [0.25, 0.3) is 0 Å². The molecule has 0 aliphatic carbocycles. The van der Waals surface area contributed by atoms with Crippen LogP contribution in [0.1, 0.15) is 44.2 Å². The number of rotatable bonds is 6. The molecule has 4 heteroatoms. The molecule has 1 aromatic carbocycles. The molecule has 0 aromatic heterocycles. The van der Waals surface area contributed by atoms with Crippen molar-refractivity contribution in [1.82, 2.24) is 5.32 Å². The number of fused-ring (bicyclic) bond motifs is 1. The summed E-state index contributed by atoms with van der Waals surface area (Å²) in [5.74, 6) is 1.82. The van der Waals surface area contributed by atoms with Crippen LogP contribution in [-0.4, -0.2) is 32.5 Å². The van der Waals surface area contributed by atoms with E-state index in [0.29, 0.717) is 19.3 Å². The van der Waals surface area contributed by atoms with Crippen molar-refractivity contribution < 1.29 is 14.2 Å². The topological polar surface area (TPSA) is 39.7 Å². The minimum Gasteiger partial charge on any atom is -0.491 e. The van der Waals surface area contributed by atoms with Gasteiger partial charge in [0.25, 0.3) is 0 Å². The van der Waals surface area contributed by atoms with Crippen molar-refractivity contribution in [3.05, 3.63) is 23.8 Å². The second-order valence-corrected chi connectivity index (χ2v) is 5.82. The molecule has 0 spiro atoms. The van der Waals surface area contributed by atoms with E-state index >= 15 is 0 Å². The summed E-state index contributed by atoms with van der Waals surface area (Å²) in [4.78, 5) is 0. The molecule has 2 atom stereocenters. The largest absolute Gasteiger partial charge is 0.491 e. The van der Waals surface area contributed by atoms with Gasteiger partial charge in [0, 0.05) is 18.2 Å². The number of ether oxygens (including phenoxy) is 3. The second kappa shape index (κ2) is 7.14. The van der Waals surface area contributed by atoms with Crippen LogP contribution in [-0.2, 0) is 4.74 Å². The second-order valence-electron chi connectivity index (χ2n) is 5.82. The average Bonchev–Trinajstić information content (AvgIpc) is 2.94. The van der Waals surface area contributed by atoms with Crippen LogP contribution in [0.4, 0.5) is 0 Å².